The summed E-state index contributed by atoms with van der Waals surface area (Å²) in [6, 6.07) is 8.64. The lowest BCUT2D eigenvalue weighted by Crippen LogP contribution is -2.24. The Morgan fingerprint density at radius 1 is 0.958 bits per heavy atom. The lowest BCUT2D eigenvalue weighted by molar-refractivity contribution is 0.0880. The van der Waals surface area contributed by atoms with Crippen LogP contribution in [0.3, 0.4) is 0 Å². The fourth-order valence-electron chi connectivity index (χ4n) is 3.35. The second-order valence-corrected chi connectivity index (χ2v) is 5.99. The number of benzene rings is 1. The van der Waals surface area contributed by atoms with E-state index in [1.165, 1.54) is 4.57 Å². The van der Waals surface area contributed by atoms with E-state index in [0.29, 0.717) is 5.69 Å². The van der Waals surface area contributed by atoms with Crippen LogP contribution in [0.25, 0.3) is 5.69 Å². The summed E-state index contributed by atoms with van der Waals surface area (Å²) in [4.78, 5) is 38.4. The molecule has 122 valence electrons. The molecule has 2 amide bonds. The maximum absolute atomic E-state index is 12.5. The van der Waals surface area contributed by atoms with Crippen molar-refractivity contribution in [3.05, 3.63) is 51.8 Å². The number of fused-ring (bicyclic) bond motifs is 1. The van der Waals surface area contributed by atoms with E-state index in [1.807, 2.05) is 18.2 Å². The predicted octanol–water partition coefficient (Wildman–Crippen LogP) is 0.903. The Labute approximate surface area is 137 Å². The van der Waals surface area contributed by atoms with Gasteiger partial charge in [-0.2, -0.15) is 0 Å². The van der Waals surface area contributed by atoms with Gasteiger partial charge in [-0.25, -0.2) is 0 Å². The van der Waals surface area contributed by atoms with Crippen molar-refractivity contribution in [2.24, 2.45) is 0 Å². The topological polar surface area (TPSA) is 97.4 Å². The second-order valence-electron chi connectivity index (χ2n) is 5.99. The maximum Gasteiger partial charge on any atom is 0.262 e. The Morgan fingerprint density at radius 3 is 2.42 bits per heavy atom. The highest BCUT2D eigenvalue weighted by molar-refractivity contribution is 6.23. The standard InChI is InChI=1S/C17H16N4O3/c18-15-14-12(16(23)19-17(14)24)9-13(22)21(15)11-5-3-4-10(8-11)20-6-1-2-7-20/h3-5,8-9H,1-2,6-7,18H2,(H,19,23,24). The number of nitrogen functional groups attached to an aromatic ring is 1. The fourth-order valence-corrected chi connectivity index (χ4v) is 3.35. The molecule has 0 saturated carbocycles. The van der Waals surface area contributed by atoms with Gasteiger partial charge in [-0.15, -0.1) is 0 Å². The van der Waals surface area contributed by atoms with Crippen LogP contribution in [0.5, 0.6) is 0 Å². The second kappa shape index (κ2) is 5.23. The molecule has 1 fully saturated rings. The Hall–Kier alpha value is -3.09. The molecule has 2 aliphatic heterocycles. The molecule has 0 radical (unpaired) electrons. The number of pyridine rings is 1. The summed E-state index contributed by atoms with van der Waals surface area (Å²) in [5, 5.41) is 2.17. The molecule has 0 bridgehead atoms. The molecule has 0 atom stereocenters. The third kappa shape index (κ3) is 2.09. The fraction of sp³-hybridized carbons (Fsp3) is 0.235. The first-order valence-electron chi connectivity index (χ1n) is 7.83. The molecule has 1 aromatic heterocycles. The third-order valence-electron chi connectivity index (χ3n) is 4.51. The first-order chi connectivity index (χ1) is 11.6. The number of amides is 2. The molecule has 7 nitrogen and oxygen atoms in total. The molecular weight excluding hydrogens is 308 g/mol. The molecule has 3 N–H and O–H groups in total. The van der Waals surface area contributed by atoms with Gasteiger partial charge in [0.15, 0.2) is 0 Å². The van der Waals surface area contributed by atoms with Gasteiger partial charge < -0.3 is 10.6 Å². The maximum atomic E-state index is 12.5. The van der Waals surface area contributed by atoms with Crippen LogP contribution in [-0.4, -0.2) is 29.5 Å². The molecule has 3 heterocycles. The van der Waals surface area contributed by atoms with Crippen molar-refractivity contribution in [1.29, 1.82) is 0 Å². The number of nitrogens with one attached hydrogen (secondary N) is 1. The molecule has 24 heavy (non-hydrogen) atoms. The molecule has 2 aliphatic rings. The van der Waals surface area contributed by atoms with E-state index in [0.717, 1.165) is 37.7 Å². The van der Waals surface area contributed by atoms with Crippen LogP contribution < -0.4 is 21.5 Å². The number of nitrogens with two attached hydrogens (primary N) is 1. The van der Waals surface area contributed by atoms with Gasteiger partial charge in [0.2, 0.25) is 0 Å². The number of carbonyl (C=O) groups is 2. The molecule has 0 spiro atoms. The van der Waals surface area contributed by atoms with E-state index >= 15 is 0 Å². The molecule has 0 aliphatic carbocycles. The quantitative estimate of drug-likeness (QED) is 0.800. The SMILES string of the molecule is Nc1c2c(cc(=O)n1-c1cccc(N3CCCC3)c1)C(=O)NC2=O. The van der Waals surface area contributed by atoms with Crippen LogP contribution >= 0.6 is 0 Å². The molecule has 2 aromatic rings. The molecular formula is C17H16N4O3. The number of hydrogen-bond acceptors (Lipinski definition) is 5. The highest BCUT2D eigenvalue weighted by Crippen LogP contribution is 2.26. The van der Waals surface area contributed by atoms with Gasteiger partial charge in [-0.05, 0) is 31.0 Å². The van der Waals surface area contributed by atoms with Gasteiger partial charge in [0.05, 0.1) is 16.8 Å². The Kier molecular flexibility index (Phi) is 3.16. The summed E-state index contributed by atoms with van der Waals surface area (Å²) in [6.07, 6.45) is 2.29. The lowest BCUT2D eigenvalue weighted by Gasteiger charge is -2.19. The van der Waals surface area contributed by atoms with Crippen LogP contribution in [-0.2, 0) is 0 Å². The van der Waals surface area contributed by atoms with Crippen molar-refractivity contribution in [3.63, 3.8) is 0 Å². The monoisotopic (exact) mass is 324 g/mol. The zero-order valence-corrected chi connectivity index (χ0v) is 12.9. The summed E-state index contributed by atoms with van der Waals surface area (Å²) in [5.74, 6) is -1.17. The Bertz CT molecular complexity index is 926. The number of nitrogens with zero attached hydrogens (tertiary/aromatic N) is 2. The minimum absolute atomic E-state index is 0.0144. The average Bonchev–Trinajstić information content (AvgIpc) is 3.17. The van der Waals surface area contributed by atoms with Crippen molar-refractivity contribution < 1.29 is 9.59 Å². The number of hydrogen-bond donors (Lipinski definition) is 2. The molecule has 7 heteroatoms. The predicted molar refractivity (Wildman–Crippen MR) is 89.7 cm³/mol. The van der Waals surface area contributed by atoms with E-state index < -0.39 is 17.4 Å². The number of rotatable bonds is 2. The van der Waals surface area contributed by atoms with Gasteiger partial charge in [-0.1, -0.05) is 6.07 Å². The zero-order valence-electron chi connectivity index (χ0n) is 12.9. The molecule has 1 saturated heterocycles. The number of carbonyl (C=O) groups excluding carboxylic acids is 2. The lowest BCUT2D eigenvalue weighted by atomic mass is 10.1. The molecule has 4 rings (SSSR count). The normalized spacial score (nSPS) is 16.4. The highest BCUT2D eigenvalue weighted by Gasteiger charge is 2.31. The third-order valence-corrected chi connectivity index (χ3v) is 4.51. The summed E-state index contributed by atoms with van der Waals surface area (Å²) in [6.45, 7) is 1.96. The summed E-state index contributed by atoms with van der Waals surface area (Å²) in [5.41, 5.74) is 7.31. The smallest absolute Gasteiger partial charge is 0.262 e. The zero-order chi connectivity index (χ0) is 16.8. The Balaban J connectivity index is 1.87. The first-order valence-corrected chi connectivity index (χ1v) is 7.83. The minimum Gasteiger partial charge on any atom is -0.384 e. The largest absolute Gasteiger partial charge is 0.384 e. The van der Waals surface area contributed by atoms with Crippen LogP contribution in [0.2, 0.25) is 0 Å². The minimum atomic E-state index is -0.586. The Morgan fingerprint density at radius 2 is 1.67 bits per heavy atom. The van der Waals surface area contributed by atoms with Crippen LogP contribution in [0.4, 0.5) is 11.5 Å². The summed E-state index contributed by atoms with van der Waals surface area (Å²) >= 11 is 0. The van der Waals surface area contributed by atoms with E-state index in [9.17, 15) is 14.4 Å². The number of imide groups is 1. The first kappa shape index (κ1) is 14.5. The van der Waals surface area contributed by atoms with Crippen LogP contribution in [0.1, 0.15) is 33.6 Å². The van der Waals surface area contributed by atoms with Crippen molar-refractivity contribution in [3.8, 4) is 5.69 Å². The molecule has 0 unspecified atom stereocenters. The molecule has 1 aromatic carbocycles. The van der Waals surface area contributed by atoms with Crippen LogP contribution in [0, 0.1) is 0 Å². The van der Waals surface area contributed by atoms with Crippen molar-refractivity contribution in [2.45, 2.75) is 12.8 Å². The average molecular weight is 324 g/mol. The van der Waals surface area contributed by atoms with E-state index in [-0.39, 0.29) is 16.9 Å². The van der Waals surface area contributed by atoms with Gasteiger partial charge in [0.1, 0.15) is 5.82 Å². The van der Waals surface area contributed by atoms with E-state index in [4.69, 9.17) is 5.73 Å². The van der Waals surface area contributed by atoms with Crippen molar-refractivity contribution in [1.82, 2.24) is 9.88 Å². The van der Waals surface area contributed by atoms with E-state index in [1.54, 1.807) is 6.07 Å². The van der Waals surface area contributed by atoms with Crippen molar-refractivity contribution in [2.75, 3.05) is 23.7 Å². The van der Waals surface area contributed by atoms with E-state index in [2.05, 4.69) is 10.2 Å². The highest BCUT2D eigenvalue weighted by atomic mass is 16.2. The van der Waals surface area contributed by atoms with Gasteiger partial charge >= 0.3 is 0 Å². The van der Waals surface area contributed by atoms with Gasteiger partial charge in [0.25, 0.3) is 17.4 Å². The number of anilines is 2. The van der Waals surface area contributed by atoms with Gasteiger partial charge in [0, 0.05) is 24.8 Å². The summed E-state index contributed by atoms with van der Waals surface area (Å²) in [7, 11) is 0. The van der Waals surface area contributed by atoms with Gasteiger partial charge in [-0.3, -0.25) is 24.3 Å². The number of aromatic nitrogens is 1. The summed E-state index contributed by atoms with van der Waals surface area (Å²) < 4.78 is 1.27. The van der Waals surface area contributed by atoms with Crippen molar-refractivity contribution >= 4 is 23.3 Å². The van der Waals surface area contributed by atoms with Crippen LogP contribution in [0.15, 0.2) is 35.1 Å².